The van der Waals surface area contributed by atoms with Crippen molar-refractivity contribution in [2.45, 2.75) is 6.92 Å². The van der Waals surface area contributed by atoms with E-state index in [1.807, 2.05) is 12.3 Å². The number of nitrogen functional groups attached to an aromatic ring is 1. The van der Waals surface area contributed by atoms with Crippen LogP contribution in [0.1, 0.15) is 20.8 Å². The number of hydrogen-bond donors (Lipinski definition) is 1. The van der Waals surface area contributed by atoms with Crippen LogP contribution in [0, 0.1) is 12.7 Å². The molecule has 0 spiro atoms. The first-order chi connectivity index (χ1) is 7.59. The predicted octanol–water partition coefficient (Wildman–Crippen LogP) is 3.01. The standard InChI is InChI=1S/C12H10FNOS/c1-7-9(4-5-16-7)12(15)10-6-8(13)2-3-11(10)14/h2-6H,14H2,1H3. The third kappa shape index (κ3) is 1.84. The highest BCUT2D eigenvalue weighted by molar-refractivity contribution is 7.10. The first-order valence-electron chi connectivity index (χ1n) is 4.73. The molecule has 1 heterocycles. The molecule has 1 aromatic carbocycles. The van der Waals surface area contributed by atoms with Gasteiger partial charge in [0, 0.05) is 21.7 Å². The van der Waals surface area contributed by atoms with E-state index >= 15 is 0 Å². The molecule has 0 saturated carbocycles. The average Bonchev–Trinajstić information content (AvgIpc) is 2.67. The number of nitrogens with two attached hydrogens (primary N) is 1. The number of aryl methyl sites for hydroxylation is 1. The molecular formula is C12H10FNOS. The molecule has 1 aromatic heterocycles. The molecule has 0 amide bonds. The molecule has 4 heteroatoms. The highest BCUT2D eigenvalue weighted by Crippen LogP contribution is 2.22. The SMILES string of the molecule is Cc1sccc1C(=O)c1cc(F)ccc1N. The van der Waals surface area contributed by atoms with E-state index < -0.39 is 5.82 Å². The molecule has 16 heavy (non-hydrogen) atoms. The Bertz CT molecular complexity index is 548. The van der Waals surface area contributed by atoms with Crippen molar-refractivity contribution in [3.63, 3.8) is 0 Å². The number of carbonyl (C=O) groups is 1. The molecule has 0 bridgehead atoms. The topological polar surface area (TPSA) is 43.1 Å². The minimum absolute atomic E-state index is 0.224. The van der Waals surface area contributed by atoms with Gasteiger partial charge in [-0.15, -0.1) is 11.3 Å². The lowest BCUT2D eigenvalue weighted by Crippen LogP contribution is -2.06. The van der Waals surface area contributed by atoms with Gasteiger partial charge in [0.1, 0.15) is 5.82 Å². The quantitative estimate of drug-likeness (QED) is 0.642. The van der Waals surface area contributed by atoms with E-state index in [-0.39, 0.29) is 11.3 Å². The maximum Gasteiger partial charge on any atom is 0.196 e. The van der Waals surface area contributed by atoms with E-state index in [1.54, 1.807) is 6.07 Å². The van der Waals surface area contributed by atoms with E-state index in [1.165, 1.54) is 29.5 Å². The second-order valence-electron chi connectivity index (χ2n) is 3.45. The first-order valence-corrected chi connectivity index (χ1v) is 5.61. The molecule has 0 aliphatic rings. The molecule has 0 saturated heterocycles. The Morgan fingerprint density at radius 2 is 2.06 bits per heavy atom. The van der Waals surface area contributed by atoms with Crippen LogP contribution in [0.3, 0.4) is 0 Å². The number of rotatable bonds is 2. The van der Waals surface area contributed by atoms with Crippen LogP contribution in [-0.4, -0.2) is 5.78 Å². The summed E-state index contributed by atoms with van der Waals surface area (Å²) in [5, 5.41) is 1.83. The molecule has 0 atom stereocenters. The van der Waals surface area contributed by atoms with Crippen LogP contribution in [0.4, 0.5) is 10.1 Å². The highest BCUT2D eigenvalue weighted by Gasteiger charge is 2.15. The van der Waals surface area contributed by atoms with Gasteiger partial charge in [0.05, 0.1) is 0 Å². The summed E-state index contributed by atoms with van der Waals surface area (Å²) in [6.45, 7) is 1.85. The van der Waals surface area contributed by atoms with Crippen LogP contribution in [0.5, 0.6) is 0 Å². The van der Waals surface area contributed by atoms with Crippen LogP contribution in [-0.2, 0) is 0 Å². The van der Waals surface area contributed by atoms with Crippen LogP contribution in [0.25, 0.3) is 0 Å². The number of carbonyl (C=O) groups excluding carboxylic acids is 1. The van der Waals surface area contributed by atoms with Crippen molar-refractivity contribution in [1.29, 1.82) is 0 Å². The third-order valence-corrected chi connectivity index (χ3v) is 3.21. The molecule has 0 aliphatic carbocycles. The maximum absolute atomic E-state index is 13.0. The van der Waals surface area contributed by atoms with Crippen molar-refractivity contribution in [1.82, 2.24) is 0 Å². The second-order valence-corrected chi connectivity index (χ2v) is 4.57. The van der Waals surface area contributed by atoms with Gasteiger partial charge in [-0.3, -0.25) is 4.79 Å². The average molecular weight is 235 g/mol. The van der Waals surface area contributed by atoms with Gasteiger partial charge < -0.3 is 5.73 Å². The zero-order valence-corrected chi connectivity index (χ0v) is 9.48. The van der Waals surface area contributed by atoms with Gasteiger partial charge >= 0.3 is 0 Å². The minimum Gasteiger partial charge on any atom is -0.398 e. The molecule has 2 N–H and O–H groups in total. The fourth-order valence-electron chi connectivity index (χ4n) is 1.49. The summed E-state index contributed by atoms with van der Waals surface area (Å²) in [5.41, 5.74) is 6.77. The Kier molecular flexibility index (Phi) is 2.75. The van der Waals surface area contributed by atoms with Gasteiger partial charge in [-0.1, -0.05) is 0 Å². The van der Waals surface area contributed by atoms with Gasteiger partial charge in [-0.05, 0) is 36.6 Å². The highest BCUT2D eigenvalue weighted by atomic mass is 32.1. The van der Waals surface area contributed by atoms with Crippen molar-refractivity contribution >= 4 is 22.8 Å². The molecule has 0 radical (unpaired) electrons. The number of benzene rings is 1. The first kappa shape index (κ1) is 10.8. The van der Waals surface area contributed by atoms with Gasteiger partial charge in [0.2, 0.25) is 0 Å². The van der Waals surface area contributed by atoms with Crippen LogP contribution < -0.4 is 5.73 Å². The van der Waals surface area contributed by atoms with Crippen molar-refractivity contribution < 1.29 is 9.18 Å². The summed E-state index contributed by atoms with van der Waals surface area (Å²) in [4.78, 5) is 13.0. The van der Waals surface area contributed by atoms with Crippen molar-refractivity contribution in [2.24, 2.45) is 0 Å². The normalized spacial score (nSPS) is 10.4. The predicted molar refractivity (Wildman–Crippen MR) is 63.3 cm³/mol. The van der Waals surface area contributed by atoms with Gasteiger partial charge in [0.15, 0.2) is 5.78 Å². The fourth-order valence-corrected chi connectivity index (χ4v) is 2.19. The summed E-state index contributed by atoms with van der Waals surface area (Å²) in [6.07, 6.45) is 0. The maximum atomic E-state index is 13.0. The molecule has 0 aliphatic heterocycles. The molecule has 2 aromatic rings. The van der Waals surface area contributed by atoms with Crippen molar-refractivity contribution in [3.05, 3.63) is 51.5 Å². The fraction of sp³-hybridized carbons (Fsp3) is 0.0833. The summed E-state index contributed by atoms with van der Waals surface area (Å²) >= 11 is 1.48. The van der Waals surface area contributed by atoms with Crippen LogP contribution in [0.15, 0.2) is 29.6 Å². The molecule has 2 nitrogen and oxygen atoms in total. The third-order valence-electron chi connectivity index (χ3n) is 2.36. The van der Waals surface area contributed by atoms with E-state index in [4.69, 9.17) is 5.73 Å². The molecular weight excluding hydrogens is 225 g/mol. The monoisotopic (exact) mass is 235 g/mol. The minimum atomic E-state index is -0.453. The van der Waals surface area contributed by atoms with Crippen molar-refractivity contribution in [3.8, 4) is 0 Å². The zero-order valence-electron chi connectivity index (χ0n) is 8.66. The molecule has 2 rings (SSSR count). The lowest BCUT2D eigenvalue weighted by atomic mass is 10.0. The summed E-state index contributed by atoms with van der Waals surface area (Å²) in [5.74, 6) is -0.679. The Morgan fingerprint density at radius 1 is 1.31 bits per heavy atom. The van der Waals surface area contributed by atoms with Crippen LogP contribution >= 0.6 is 11.3 Å². The largest absolute Gasteiger partial charge is 0.398 e. The lowest BCUT2D eigenvalue weighted by molar-refractivity contribution is 0.103. The molecule has 0 unspecified atom stereocenters. The number of anilines is 1. The number of hydrogen-bond acceptors (Lipinski definition) is 3. The Labute approximate surface area is 96.5 Å². The van der Waals surface area contributed by atoms with E-state index in [9.17, 15) is 9.18 Å². The van der Waals surface area contributed by atoms with Crippen molar-refractivity contribution in [2.75, 3.05) is 5.73 Å². The van der Waals surface area contributed by atoms with Gasteiger partial charge in [-0.25, -0.2) is 4.39 Å². The second kappa shape index (κ2) is 4.06. The lowest BCUT2D eigenvalue weighted by Gasteiger charge is -2.04. The Hall–Kier alpha value is -1.68. The Morgan fingerprint density at radius 3 is 2.69 bits per heavy atom. The smallest absolute Gasteiger partial charge is 0.196 e. The van der Waals surface area contributed by atoms with Gasteiger partial charge in [-0.2, -0.15) is 0 Å². The Balaban J connectivity index is 2.49. The summed E-state index contributed by atoms with van der Waals surface area (Å²) in [7, 11) is 0. The number of ketones is 1. The van der Waals surface area contributed by atoms with Gasteiger partial charge in [0.25, 0.3) is 0 Å². The summed E-state index contributed by atoms with van der Waals surface area (Å²) < 4.78 is 13.0. The number of halogens is 1. The number of thiophene rings is 1. The molecule has 82 valence electrons. The zero-order chi connectivity index (χ0) is 11.7. The van der Waals surface area contributed by atoms with E-state index in [0.717, 1.165) is 4.88 Å². The van der Waals surface area contributed by atoms with Crippen LogP contribution in [0.2, 0.25) is 0 Å². The molecule has 0 fully saturated rings. The summed E-state index contributed by atoms with van der Waals surface area (Å²) in [6, 6.07) is 5.55. The van der Waals surface area contributed by atoms with E-state index in [2.05, 4.69) is 0 Å². The van der Waals surface area contributed by atoms with E-state index in [0.29, 0.717) is 11.3 Å².